The van der Waals surface area contributed by atoms with E-state index < -0.39 is 5.60 Å². The molecule has 0 unspecified atom stereocenters. The Morgan fingerprint density at radius 2 is 1.79 bits per heavy atom. The predicted octanol–water partition coefficient (Wildman–Crippen LogP) is 2.56. The molecule has 1 aromatic heterocycles. The number of carbonyl (C=O) groups excluding carboxylic acids is 1. The first-order chi connectivity index (χ1) is 13.5. The first-order valence-electron chi connectivity index (χ1n) is 9.17. The van der Waals surface area contributed by atoms with Gasteiger partial charge in [0.2, 0.25) is 5.91 Å². The fourth-order valence-electron chi connectivity index (χ4n) is 3.64. The van der Waals surface area contributed by atoms with E-state index in [0.717, 1.165) is 10.9 Å². The maximum Gasteiger partial charge on any atom is 0.275 e. The van der Waals surface area contributed by atoms with Crippen molar-refractivity contribution in [3.8, 4) is 0 Å². The first-order valence-corrected chi connectivity index (χ1v) is 9.55. The lowest BCUT2D eigenvalue weighted by Gasteiger charge is -2.38. The van der Waals surface area contributed by atoms with Crippen LogP contribution in [0.3, 0.4) is 0 Å². The monoisotopic (exact) mass is 397 g/mol. The lowest BCUT2D eigenvalue weighted by Crippen LogP contribution is -2.47. The number of amides is 1. The molecule has 28 heavy (non-hydrogen) atoms. The van der Waals surface area contributed by atoms with E-state index in [1.54, 1.807) is 35.4 Å². The second-order valence-corrected chi connectivity index (χ2v) is 7.55. The van der Waals surface area contributed by atoms with Crippen molar-refractivity contribution in [1.29, 1.82) is 0 Å². The second kappa shape index (κ2) is 7.37. The van der Waals surface area contributed by atoms with Gasteiger partial charge in [-0.2, -0.15) is 5.10 Å². The van der Waals surface area contributed by atoms with Crippen LogP contribution in [0.25, 0.3) is 10.8 Å². The van der Waals surface area contributed by atoms with Gasteiger partial charge in [-0.25, -0.2) is 4.68 Å². The van der Waals surface area contributed by atoms with Gasteiger partial charge in [-0.05, 0) is 36.6 Å². The first kappa shape index (κ1) is 18.7. The Morgan fingerprint density at radius 1 is 1.11 bits per heavy atom. The molecule has 144 valence electrons. The standard InChI is InChI=1S/C21H20ClN3O3/c22-17-7-5-16(6-8-17)21(28)9-11-24(12-10-21)19(26)14-25-20(27)18-4-2-1-3-15(18)13-23-25/h1-8,13,28H,9-12,14H2. The summed E-state index contributed by atoms with van der Waals surface area (Å²) in [5.74, 6) is -0.178. The molecule has 1 aliphatic heterocycles. The number of benzene rings is 2. The zero-order valence-corrected chi connectivity index (χ0v) is 16.0. The van der Waals surface area contributed by atoms with Crippen LogP contribution < -0.4 is 5.56 Å². The topological polar surface area (TPSA) is 75.4 Å². The van der Waals surface area contributed by atoms with Crippen LogP contribution in [-0.2, 0) is 16.9 Å². The molecule has 6 nitrogen and oxygen atoms in total. The summed E-state index contributed by atoms with van der Waals surface area (Å²) in [6, 6.07) is 14.3. The van der Waals surface area contributed by atoms with Crippen molar-refractivity contribution in [3.63, 3.8) is 0 Å². The van der Waals surface area contributed by atoms with E-state index in [0.29, 0.717) is 36.3 Å². The Kier molecular flexibility index (Phi) is 4.91. The third kappa shape index (κ3) is 3.53. The van der Waals surface area contributed by atoms with Crippen molar-refractivity contribution in [2.24, 2.45) is 0 Å². The molecule has 1 amide bonds. The SMILES string of the molecule is O=C(Cn1ncc2ccccc2c1=O)N1CCC(O)(c2ccc(Cl)cc2)CC1. The molecule has 4 rings (SSSR count). The average Bonchev–Trinajstić information content (AvgIpc) is 2.71. The Hall–Kier alpha value is -2.70. The smallest absolute Gasteiger partial charge is 0.275 e. The van der Waals surface area contributed by atoms with Crippen molar-refractivity contribution in [2.45, 2.75) is 25.0 Å². The summed E-state index contributed by atoms with van der Waals surface area (Å²) in [6.07, 6.45) is 2.46. The molecule has 0 spiro atoms. The Morgan fingerprint density at radius 3 is 2.50 bits per heavy atom. The number of aliphatic hydroxyl groups is 1. The minimum absolute atomic E-state index is 0.108. The largest absolute Gasteiger partial charge is 0.385 e. The van der Waals surface area contributed by atoms with Gasteiger partial charge in [-0.1, -0.05) is 41.9 Å². The van der Waals surface area contributed by atoms with E-state index >= 15 is 0 Å². The number of hydrogen-bond acceptors (Lipinski definition) is 4. The number of carbonyl (C=O) groups is 1. The Balaban J connectivity index is 1.45. The van der Waals surface area contributed by atoms with Crippen molar-refractivity contribution < 1.29 is 9.90 Å². The average molecular weight is 398 g/mol. The minimum Gasteiger partial charge on any atom is -0.385 e. The van der Waals surface area contributed by atoms with Gasteiger partial charge in [0.05, 0.1) is 17.2 Å². The molecule has 1 aliphatic rings. The molecule has 0 radical (unpaired) electrons. The van der Waals surface area contributed by atoms with Gasteiger partial charge in [0.1, 0.15) is 6.54 Å². The molecular formula is C21H20ClN3O3. The third-order valence-electron chi connectivity index (χ3n) is 5.37. The van der Waals surface area contributed by atoms with Crippen LogP contribution in [0.1, 0.15) is 18.4 Å². The summed E-state index contributed by atoms with van der Waals surface area (Å²) >= 11 is 5.92. The summed E-state index contributed by atoms with van der Waals surface area (Å²) in [7, 11) is 0. The molecule has 2 heterocycles. The van der Waals surface area contributed by atoms with Crippen molar-refractivity contribution in [3.05, 3.63) is 75.7 Å². The molecule has 2 aromatic carbocycles. The number of halogens is 1. The summed E-state index contributed by atoms with van der Waals surface area (Å²) < 4.78 is 1.20. The lowest BCUT2D eigenvalue weighted by molar-refractivity contribution is -0.136. The number of likely N-dealkylation sites (tertiary alicyclic amines) is 1. The molecule has 7 heteroatoms. The molecule has 0 aliphatic carbocycles. The quantitative estimate of drug-likeness (QED) is 0.737. The summed E-state index contributed by atoms with van der Waals surface area (Å²) in [5, 5.41) is 17.0. The molecule has 1 N–H and O–H groups in total. The van der Waals surface area contributed by atoms with Crippen LogP contribution in [0.4, 0.5) is 0 Å². The van der Waals surface area contributed by atoms with Gasteiger partial charge in [0.25, 0.3) is 5.56 Å². The molecular weight excluding hydrogens is 378 g/mol. The third-order valence-corrected chi connectivity index (χ3v) is 5.62. The van der Waals surface area contributed by atoms with Crippen LogP contribution in [-0.4, -0.2) is 38.8 Å². The maximum atomic E-state index is 12.7. The van der Waals surface area contributed by atoms with E-state index in [1.165, 1.54) is 4.68 Å². The van der Waals surface area contributed by atoms with Gasteiger partial charge in [-0.15, -0.1) is 0 Å². The van der Waals surface area contributed by atoms with Crippen molar-refractivity contribution >= 4 is 28.3 Å². The van der Waals surface area contributed by atoms with E-state index in [2.05, 4.69) is 5.10 Å². The zero-order chi connectivity index (χ0) is 19.7. The Bertz CT molecular complexity index is 1070. The van der Waals surface area contributed by atoms with Gasteiger partial charge in [0, 0.05) is 23.5 Å². The van der Waals surface area contributed by atoms with Gasteiger partial charge >= 0.3 is 0 Å². The van der Waals surface area contributed by atoms with Crippen molar-refractivity contribution in [2.75, 3.05) is 13.1 Å². The van der Waals surface area contributed by atoms with Crippen LogP contribution in [0, 0.1) is 0 Å². The predicted molar refractivity (Wildman–Crippen MR) is 107 cm³/mol. The maximum absolute atomic E-state index is 12.7. The number of aromatic nitrogens is 2. The van der Waals surface area contributed by atoms with Crippen LogP contribution in [0.2, 0.25) is 5.02 Å². The highest BCUT2D eigenvalue weighted by Crippen LogP contribution is 2.33. The number of piperidine rings is 1. The molecule has 0 saturated carbocycles. The van der Waals surface area contributed by atoms with Gasteiger partial charge in [-0.3, -0.25) is 9.59 Å². The van der Waals surface area contributed by atoms with Crippen LogP contribution >= 0.6 is 11.6 Å². The highest BCUT2D eigenvalue weighted by Gasteiger charge is 2.35. The normalized spacial score (nSPS) is 16.3. The van der Waals surface area contributed by atoms with E-state index in [9.17, 15) is 14.7 Å². The molecule has 0 bridgehead atoms. The minimum atomic E-state index is -0.973. The van der Waals surface area contributed by atoms with Gasteiger partial charge < -0.3 is 10.0 Å². The van der Waals surface area contributed by atoms with Crippen LogP contribution in [0.5, 0.6) is 0 Å². The molecule has 0 atom stereocenters. The van der Waals surface area contributed by atoms with E-state index in [4.69, 9.17) is 11.6 Å². The Labute approximate surface area is 167 Å². The highest BCUT2D eigenvalue weighted by atomic mass is 35.5. The number of hydrogen-bond donors (Lipinski definition) is 1. The number of fused-ring (bicyclic) bond motifs is 1. The fraction of sp³-hybridized carbons (Fsp3) is 0.286. The number of nitrogens with zero attached hydrogens (tertiary/aromatic N) is 3. The summed E-state index contributed by atoms with van der Waals surface area (Å²) in [5.41, 5.74) is -0.447. The number of rotatable bonds is 3. The molecule has 1 saturated heterocycles. The van der Waals surface area contributed by atoms with E-state index in [1.807, 2.05) is 24.3 Å². The van der Waals surface area contributed by atoms with Crippen LogP contribution in [0.15, 0.2) is 59.5 Å². The lowest BCUT2D eigenvalue weighted by atomic mass is 9.84. The molecule has 1 fully saturated rings. The summed E-state index contributed by atoms with van der Waals surface area (Å²) in [6.45, 7) is 0.726. The fourth-order valence-corrected chi connectivity index (χ4v) is 3.77. The molecule has 3 aromatic rings. The van der Waals surface area contributed by atoms with E-state index in [-0.39, 0.29) is 18.0 Å². The van der Waals surface area contributed by atoms with Gasteiger partial charge in [0.15, 0.2) is 0 Å². The van der Waals surface area contributed by atoms with Crippen molar-refractivity contribution in [1.82, 2.24) is 14.7 Å². The zero-order valence-electron chi connectivity index (χ0n) is 15.2. The highest BCUT2D eigenvalue weighted by molar-refractivity contribution is 6.30. The second-order valence-electron chi connectivity index (χ2n) is 7.11. The summed E-state index contributed by atoms with van der Waals surface area (Å²) in [4.78, 5) is 26.9.